The SMILES string of the molecule is O=C(O)c1ccn(Cc2ccc(-c3nc4ccc(C5(c6ccccc6)CC5)nc4s3)c(F)c2)n1. The fraction of sp³-hybridized carbons (Fsp3) is 0.154. The second kappa shape index (κ2) is 7.85. The van der Waals surface area contributed by atoms with Crippen molar-refractivity contribution in [3.05, 3.63) is 101 Å². The molecule has 0 amide bonds. The van der Waals surface area contributed by atoms with E-state index < -0.39 is 5.97 Å². The van der Waals surface area contributed by atoms with Crippen LogP contribution in [0.25, 0.3) is 20.9 Å². The van der Waals surface area contributed by atoms with Gasteiger partial charge in [-0.25, -0.2) is 19.2 Å². The first-order valence-corrected chi connectivity index (χ1v) is 11.7. The molecule has 2 aromatic carbocycles. The number of benzene rings is 2. The van der Waals surface area contributed by atoms with Crippen molar-refractivity contribution >= 4 is 27.7 Å². The van der Waals surface area contributed by atoms with Gasteiger partial charge in [-0.15, -0.1) is 0 Å². The summed E-state index contributed by atoms with van der Waals surface area (Å²) >= 11 is 1.39. The predicted octanol–water partition coefficient (Wildman–Crippen LogP) is 5.52. The molecule has 1 aliphatic rings. The summed E-state index contributed by atoms with van der Waals surface area (Å²) in [5.74, 6) is -1.48. The van der Waals surface area contributed by atoms with Crippen LogP contribution in [0.15, 0.2) is 72.9 Å². The maximum Gasteiger partial charge on any atom is 0.356 e. The lowest BCUT2D eigenvalue weighted by Crippen LogP contribution is -2.10. The van der Waals surface area contributed by atoms with Crippen LogP contribution in [0.2, 0.25) is 0 Å². The minimum atomic E-state index is -1.09. The second-order valence-corrected chi connectivity index (χ2v) is 9.48. The van der Waals surface area contributed by atoms with Crippen molar-refractivity contribution < 1.29 is 14.3 Å². The minimum Gasteiger partial charge on any atom is -0.476 e. The summed E-state index contributed by atoms with van der Waals surface area (Å²) < 4.78 is 16.5. The first-order chi connectivity index (χ1) is 16.5. The number of carbonyl (C=O) groups is 1. The molecule has 8 heteroatoms. The topological polar surface area (TPSA) is 80.9 Å². The molecule has 3 aromatic heterocycles. The molecular weight excluding hydrogens is 451 g/mol. The van der Waals surface area contributed by atoms with E-state index in [-0.39, 0.29) is 23.5 Å². The van der Waals surface area contributed by atoms with Gasteiger partial charge in [0.05, 0.1) is 12.2 Å². The maximum atomic E-state index is 15.0. The maximum absolute atomic E-state index is 15.0. The van der Waals surface area contributed by atoms with Gasteiger partial charge >= 0.3 is 5.97 Å². The summed E-state index contributed by atoms with van der Waals surface area (Å²) in [6.07, 6.45) is 3.71. The van der Waals surface area contributed by atoms with E-state index in [2.05, 4.69) is 34.3 Å². The number of aromatic nitrogens is 4. The molecular formula is C26H19FN4O2S. The van der Waals surface area contributed by atoms with E-state index in [0.29, 0.717) is 16.1 Å². The second-order valence-electron chi connectivity index (χ2n) is 8.51. The van der Waals surface area contributed by atoms with Crippen molar-refractivity contribution in [2.24, 2.45) is 0 Å². The lowest BCUT2D eigenvalue weighted by Gasteiger charge is -2.14. The molecule has 6 nitrogen and oxygen atoms in total. The molecule has 0 spiro atoms. The minimum absolute atomic E-state index is 0.0283. The molecule has 1 aliphatic carbocycles. The molecule has 34 heavy (non-hydrogen) atoms. The molecule has 0 bridgehead atoms. The third kappa shape index (κ3) is 3.56. The highest BCUT2D eigenvalue weighted by Gasteiger charge is 2.47. The van der Waals surface area contributed by atoms with Crippen molar-refractivity contribution in [3.63, 3.8) is 0 Å². The van der Waals surface area contributed by atoms with E-state index in [4.69, 9.17) is 10.1 Å². The molecule has 0 saturated heterocycles. The van der Waals surface area contributed by atoms with Crippen LogP contribution in [0.3, 0.4) is 0 Å². The Morgan fingerprint density at radius 3 is 2.59 bits per heavy atom. The van der Waals surface area contributed by atoms with Crippen LogP contribution < -0.4 is 0 Å². The Bertz CT molecular complexity index is 1540. The van der Waals surface area contributed by atoms with E-state index in [0.717, 1.165) is 28.9 Å². The van der Waals surface area contributed by atoms with E-state index in [1.165, 1.54) is 33.7 Å². The van der Waals surface area contributed by atoms with Crippen molar-refractivity contribution in [2.45, 2.75) is 24.8 Å². The molecule has 0 atom stereocenters. The molecule has 1 saturated carbocycles. The summed E-state index contributed by atoms with van der Waals surface area (Å²) in [7, 11) is 0. The fourth-order valence-corrected chi connectivity index (χ4v) is 5.32. The smallest absolute Gasteiger partial charge is 0.356 e. The zero-order valence-electron chi connectivity index (χ0n) is 18.0. The molecule has 0 radical (unpaired) electrons. The quantitative estimate of drug-likeness (QED) is 0.353. The third-order valence-corrected chi connectivity index (χ3v) is 7.29. The highest BCUT2D eigenvalue weighted by atomic mass is 32.1. The van der Waals surface area contributed by atoms with Crippen molar-refractivity contribution in [1.82, 2.24) is 19.7 Å². The van der Waals surface area contributed by atoms with Gasteiger partial charge in [0, 0.05) is 17.2 Å². The molecule has 0 aliphatic heterocycles. The van der Waals surface area contributed by atoms with E-state index in [1.807, 2.05) is 18.2 Å². The Morgan fingerprint density at radius 2 is 1.88 bits per heavy atom. The number of nitrogens with zero attached hydrogens (tertiary/aromatic N) is 4. The zero-order chi connectivity index (χ0) is 23.3. The lowest BCUT2D eigenvalue weighted by molar-refractivity contribution is 0.0689. The average Bonchev–Trinajstić information content (AvgIpc) is 3.32. The van der Waals surface area contributed by atoms with Crippen molar-refractivity contribution in [1.29, 1.82) is 0 Å². The van der Waals surface area contributed by atoms with Crippen molar-refractivity contribution in [3.8, 4) is 10.6 Å². The highest BCUT2D eigenvalue weighted by molar-refractivity contribution is 7.21. The Hall–Kier alpha value is -3.91. The summed E-state index contributed by atoms with van der Waals surface area (Å²) in [6.45, 7) is 0.275. The molecule has 5 aromatic rings. The van der Waals surface area contributed by atoms with Crippen LogP contribution in [-0.2, 0) is 12.0 Å². The van der Waals surface area contributed by atoms with Gasteiger partial charge in [0.2, 0.25) is 0 Å². The monoisotopic (exact) mass is 470 g/mol. The van der Waals surface area contributed by atoms with Crippen LogP contribution in [-0.4, -0.2) is 30.8 Å². The van der Waals surface area contributed by atoms with Crippen LogP contribution in [0.5, 0.6) is 0 Å². The van der Waals surface area contributed by atoms with Crippen LogP contribution in [0, 0.1) is 5.82 Å². The zero-order valence-corrected chi connectivity index (χ0v) is 18.8. The van der Waals surface area contributed by atoms with Crippen LogP contribution in [0.1, 0.15) is 40.2 Å². The van der Waals surface area contributed by atoms with E-state index >= 15 is 4.39 Å². The summed E-state index contributed by atoms with van der Waals surface area (Å²) in [6, 6.07) is 20.8. The predicted molar refractivity (Wildman–Crippen MR) is 128 cm³/mol. The van der Waals surface area contributed by atoms with Crippen molar-refractivity contribution in [2.75, 3.05) is 0 Å². The number of hydrogen-bond donors (Lipinski definition) is 1. The third-order valence-electron chi connectivity index (χ3n) is 6.29. The number of rotatable bonds is 6. The molecule has 6 rings (SSSR count). The summed E-state index contributed by atoms with van der Waals surface area (Å²) in [4.78, 5) is 21.4. The fourth-order valence-electron chi connectivity index (χ4n) is 4.35. The molecule has 1 N–H and O–H groups in total. The Balaban J connectivity index is 1.29. The number of fused-ring (bicyclic) bond motifs is 1. The van der Waals surface area contributed by atoms with Gasteiger partial charge in [0.25, 0.3) is 0 Å². The van der Waals surface area contributed by atoms with Gasteiger partial charge in [0.15, 0.2) is 5.69 Å². The number of pyridine rings is 1. The standard InChI is InChI=1S/C26H19FN4O2S/c27-19-14-16(15-31-13-10-21(30-31)25(32)33)6-7-18(19)23-28-20-8-9-22(29-24(20)34-23)26(11-12-26)17-4-2-1-3-5-17/h1-10,13-14H,11-12,15H2,(H,32,33). The van der Waals surface area contributed by atoms with Gasteiger partial charge in [-0.3, -0.25) is 4.68 Å². The Morgan fingerprint density at radius 1 is 1.06 bits per heavy atom. The Labute approximate surface area is 198 Å². The molecule has 1 fully saturated rings. The van der Waals surface area contributed by atoms with Gasteiger partial charge in [-0.2, -0.15) is 5.10 Å². The number of thiazole rings is 1. The van der Waals surface area contributed by atoms with Gasteiger partial charge in [0.1, 0.15) is 21.2 Å². The van der Waals surface area contributed by atoms with Gasteiger partial charge < -0.3 is 5.11 Å². The number of halogens is 1. The normalized spacial score (nSPS) is 14.4. The largest absolute Gasteiger partial charge is 0.476 e. The van der Waals surface area contributed by atoms with Crippen LogP contribution >= 0.6 is 11.3 Å². The number of aromatic carboxylic acids is 1. The summed E-state index contributed by atoms with van der Waals surface area (Å²) in [5.41, 5.74) is 4.11. The molecule has 0 unspecified atom stereocenters. The lowest BCUT2D eigenvalue weighted by atomic mass is 9.92. The first kappa shape index (κ1) is 20.7. The van der Waals surface area contributed by atoms with E-state index in [1.54, 1.807) is 18.3 Å². The first-order valence-electron chi connectivity index (χ1n) is 10.9. The average molecular weight is 471 g/mol. The highest BCUT2D eigenvalue weighted by Crippen LogP contribution is 2.53. The van der Waals surface area contributed by atoms with E-state index in [9.17, 15) is 4.79 Å². The van der Waals surface area contributed by atoms with Gasteiger partial charge in [-0.05, 0) is 54.3 Å². The Kier molecular flexibility index (Phi) is 4.77. The molecule has 3 heterocycles. The molecule has 168 valence electrons. The number of hydrogen-bond acceptors (Lipinski definition) is 5. The summed E-state index contributed by atoms with van der Waals surface area (Å²) in [5, 5.41) is 13.6. The van der Waals surface area contributed by atoms with Gasteiger partial charge in [-0.1, -0.05) is 47.7 Å². The number of carboxylic acid groups (broad SMARTS) is 1. The van der Waals surface area contributed by atoms with Crippen LogP contribution in [0.4, 0.5) is 4.39 Å². The number of carboxylic acids is 1.